The summed E-state index contributed by atoms with van der Waals surface area (Å²) < 4.78 is 39.5. The maximum absolute atomic E-state index is 11.9. The molecule has 0 spiro atoms. The topological polar surface area (TPSA) is 9.23 Å². The molecule has 0 aromatic heterocycles. The fraction of sp³-hybridized carbons (Fsp3) is 0.455. The van der Waals surface area contributed by atoms with Crippen molar-refractivity contribution in [1.29, 1.82) is 0 Å². The van der Waals surface area contributed by atoms with Gasteiger partial charge in [-0.2, -0.15) is 11.8 Å². The largest absolute Gasteiger partial charge is 0.573 e. The molecule has 0 bridgehead atoms. The van der Waals surface area contributed by atoms with Crippen molar-refractivity contribution in [2.75, 3.05) is 5.88 Å². The second-order valence-corrected chi connectivity index (χ2v) is 5.20. The second kappa shape index (κ2) is 6.40. The maximum atomic E-state index is 11.9. The van der Waals surface area contributed by atoms with E-state index in [0.29, 0.717) is 11.1 Å². The molecule has 96 valence electrons. The van der Waals surface area contributed by atoms with Crippen LogP contribution < -0.4 is 4.74 Å². The van der Waals surface area contributed by atoms with Gasteiger partial charge in [-0.3, -0.25) is 0 Å². The lowest BCUT2D eigenvalue weighted by Crippen LogP contribution is -2.17. The van der Waals surface area contributed by atoms with Crippen molar-refractivity contribution in [2.45, 2.75) is 24.3 Å². The SMILES string of the molecule is CC(CCl)SCc1ccc(OC(F)(F)F)cc1. The molecule has 0 saturated carbocycles. The van der Waals surface area contributed by atoms with Crippen LogP contribution in [0.5, 0.6) is 5.75 Å². The van der Waals surface area contributed by atoms with Gasteiger partial charge >= 0.3 is 6.36 Å². The van der Waals surface area contributed by atoms with Gasteiger partial charge in [0, 0.05) is 16.9 Å². The van der Waals surface area contributed by atoms with E-state index in [-0.39, 0.29) is 5.75 Å². The maximum Gasteiger partial charge on any atom is 0.573 e. The second-order valence-electron chi connectivity index (χ2n) is 3.47. The van der Waals surface area contributed by atoms with Crippen LogP contribution in [0, 0.1) is 0 Å². The molecule has 0 aliphatic heterocycles. The highest BCUT2D eigenvalue weighted by atomic mass is 35.5. The van der Waals surface area contributed by atoms with Gasteiger partial charge in [0.2, 0.25) is 0 Å². The molecule has 0 radical (unpaired) electrons. The Morgan fingerprint density at radius 1 is 1.29 bits per heavy atom. The van der Waals surface area contributed by atoms with Crippen molar-refractivity contribution >= 4 is 23.4 Å². The Kier molecular flexibility index (Phi) is 5.46. The van der Waals surface area contributed by atoms with Crippen molar-refractivity contribution in [3.8, 4) is 5.75 Å². The van der Waals surface area contributed by atoms with Crippen LogP contribution in [0.1, 0.15) is 12.5 Å². The molecule has 1 unspecified atom stereocenters. The fourth-order valence-corrected chi connectivity index (χ4v) is 2.10. The average molecular weight is 285 g/mol. The first kappa shape index (κ1) is 14.5. The molecule has 17 heavy (non-hydrogen) atoms. The van der Waals surface area contributed by atoms with E-state index >= 15 is 0 Å². The Balaban J connectivity index is 2.50. The fourth-order valence-electron chi connectivity index (χ4n) is 1.07. The van der Waals surface area contributed by atoms with Gasteiger partial charge in [-0.15, -0.1) is 24.8 Å². The molecule has 1 aromatic rings. The first-order valence-corrected chi connectivity index (χ1v) is 6.51. The standard InChI is InChI=1S/C11H12ClF3OS/c1-8(6-12)17-7-9-2-4-10(5-3-9)16-11(13,14)15/h2-5,8H,6-7H2,1H3. The Hall–Kier alpha value is -0.550. The van der Waals surface area contributed by atoms with Gasteiger partial charge in [-0.05, 0) is 17.7 Å². The molecule has 1 aromatic carbocycles. The van der Waals surface area contributed by atoms with Crippen molar-refractivity contribution in [3.63, 3.8) is 0 Å². The van der Waals surface area contributed by atoms with E-state index < -0.39 is 6.36 Å². The molecule has 0 fully saturated rings. The van der Waals surface area contributed by atoms with E-state index in [4.69, 9.17) is 11.6 Å². The minimum atomic E-state index is -4.64. The van der Waals surface area contributed by atoms with Crippen LogP contribution in [0.25, 0.3) is 0 Å². The van der Waals surface area contributed by atoms with E-state index in [2.05, 4.69) is 4.74 Å². The van der Waals surface area contributed by atoms with E-state index in [1.165, 1.54) is 12.1 Å². The Labute approximate surface area is 107 Å². The van der Waals surface area contributed by atoms with Crippen molar-refractivity contribution in [1.82, 2.24) is 0 Å². The molecule has 0 aliphatic carbocycles. The lowest BCUT2D eigenvalue weighted by molar-refractivity contribution is -0.274. The summed E-state index contributed by atoms with van der Waals surface area (Å²) in [6, 6.07) is 5.87. The first-order valence-electron chi connectivity index (χ1n) is 4.93. The van der Waals surface area contributed by atoms with Crippen LogP contribution in [0.2, 0.25) is 0 Å². The van der Waals surface area contributed by atoms with Gasteiger partial charge < -0.3 is 4.74 Å². The number of rotatable bonds is 5. The predicted molar refractivity (Wildman–Crippen MR) is 64.6 cm³/mol. The Morgan fingerprint density at radius 2 is 1.88 bits per heavy atom. The van der Waals surface area contributed by atoms with Crippen LogP contribution in [0.3, 0.4) is 0 Å². The summed E-state index contributed by atoms with van der Waals surface area (Å²) in [6.07, 6.45) is -4.64. The van der Waals surface area contributed by atoms with Gasteiger partial charge in [0.25, 0.3) is 0 Å². The molecule has 1 atom stereocenters. The van der Waals surface area contributed by atoms with Gasteiger partial charge in [0.1, 0.15) is 5.75 Å². The van der Waals surface area contributed by atoms with Crippen LogP contribution in [-0.2, 0) is 5.75 Å². The summed E-state index contributed by atoms with van der Waals surface area (Å²) in [6.45, 7) is 2.00. The average Bonchev–Trinajstić information content (AvgIpc) is 2.25. The van der Waals surface area contributed by atoms with Crippen LogP contribution >= 0.6 is 23.4 Å². The molecule has 0 N–H and O–H groups in total. The monoisotopic (exact) mass is 284 g/mol. The molecule has 0 heterocycles. The summed E-state index contributed by atoms with van der Waals surface area (Å²) in [5.41, 5.74) is 0.946. The Bertz CT molecular complexity index is 340. The zero-order chi connectivity index (χ0) is 12.9. The minimum Gasteiger partial charge on any atom is -0.406 e. The molecule has 0 aliphatic rings. The third-order valence-corrected chi connectivity index (χ3v) is 3.79. The summed E-state index contributed by atoms with van der Waals surface area (Å²) >= 11 is 7.30. The van der Waals surface area contributed by atoms with Crippen LogP contribution in [-0.4, -0.2) is 17.5 Å². The third kappa shape index (κ3) is 6.07. The van der Waals surface area contributed by atoms with E-state index in [9.17, 15) is 13.2 Å². The van der Waals surface area contributed by atoms with Crippen molar-refractivity contribution in [2.24, 2.45) is 0 Å². The van der Waals surface area contributed by atoms with Gasteiger partial charge in [0.05, 0.1) is 0 Å². The van der Waals surface area contributed by atoms with Crippen LogP contribution in [0.15, 0.2) is 24.3 Å². The van der Waals surface area contributed by atoms with Crippen molar-refractivity contribution in [3.05, 3.63) is 29.8 Å². The highest BCUT2D eigenvalue weighted by molar-refractivity contribution is 7.99. The number of hydrogen-bond acceptors (Lipinski definition) is 2. The predicted octanol–water partition coefficient (Wildman–Crippen LogP) is 4.45. The first-order chi connectivity index (χ1) is 7.90. The number of benzene rings is 1. The normalized spacial score (nSPS) is 13.5. The quantitative estimate of drug-likeness (QED) is 0.739. The summed E-state index contributed by atoms with van der Waals surface area (Å²) in [5.74, 6) is 1.08. The highest BCUT2D eigenvalue weighted by Gasteiger charge is 2.30. The van der Waals surface area contributed by atoms with Crippen LogP contribution in [0.4, 0.5) is 13.2 Å². The molecule has 0 amide bonds. The zero-order valence-corrected chi connectivity index (χ0v) is 10.7. The number of hydrogen-bond donors (Lipinski definition) is 0. The number of thioether (sulfide) groups is 1. The lowest BCUT2D eigenvalue weighted by atomic mass is 10.2. The molecular formula is C11H12ClF3OS. The summed E-state index contributed by atoms with van der Waals surface area (Å²) in [7, 11) is 0. The van der Waals surface area contributed by atoms with Gasteiger partial charge in [0.15, 0.2) is 0 Å². The molecular weight excluding hydrogens is 273 g/mol. The van der Waals surface area contributed by atoms with Crippen molar-refractivity contribution < 1.29 is 17.9 Å². The number of halogens is 4. The third-order valence-electron chi connectivity index (χ3n) is 1.91. The Morgan fingerprint density at radius 3 is 2.35 bits per heavy atom. The highest BCUT2D eigenvalue weighted by Crippen LogP contribution is 2.24. The molecule has 1 rings (SSSR count). The number of alkyl halides is 4. The smallest absolute Gasteiger partial charge is 0.406 e. The minimum absolute atomic E-state index is 0.198. The zero-order valence-electron chi connectivity index (χ0n) is 9.13. The molecule has 0 saturated heterocycles. The van der Waals surface area contributed by atoms with E-state index in [1.807, 2.05) is 6.92 Å². The van der Waals surface area contributed by atoms with Gasteiger partial charge in [-0.1, -0.05) is 19.1 Å². The summed E-state index contributed by atoms with van der Waals surface area (Å²) in [4.78, 5) is 0. The molecule has 6 heteroatoms. The summed E-state index contributed by atoms with van der Waals surface area (Å²) in [5, 5.41) is 0.322. The van der Waals surface area contributed by atoms with E-state index in [1.54, 1.807) is 23.9 Å². The lowest BCUT2D eigenvalue weighted by Gasteiger charge is -2.10. The van der Waals surface area contributed by atoms with Gasteiger partial charge in [-0.25, -0.2) is 0 Å². The number of ether oxygens (including phenoxy) is 1. The molecule has 1 nitrogen and oxygen atoms in total. The van der Waals surface area contributed by atoms with E-state index in [0.717, 1.165) is 11.3 Å².